The van der Waals surface area contributed by atoms with Gasteiger partial charge in [0, 0.05) is 11.1 Å². The van der Waals surface area contributed by atoms with Crippen LogP contribution in [-0.4, -0.2) is 22.4 Å². The Kier molecular flexibility index (Phi) is 5.43. The summed E-state index contributed by atoms with van der Waals surface area (Å²) in [6.07, 6.45) is 3.85. The number of carboxylic acid groups (broad SMARTS) is 1. The van der Waals surface area contributed by atoms with Gasteiger partial charge in [-0.05, 0) is 25.5 Å². The van der Waals surface area contributed by atoms with E-state index in [0.29, 0.717) is 17.2 Å². The molecule has 0 spiro atoms. The first-order valence-corrected chi connectivity index (χ1v) is 7.73. The highest BCUT2D eigenvalue weighted by Crippen LogP contribution is 2.24. The number of nitrogens with one attached hydrogen (secondary N) is 1. The number of carbonyl (C=O) groups is 1. The summed E-state index contributed by atoms with van der Waals surface area (Å²) in [6.45, 7) is 3.92. The number of hydrogen-bond donors (Lipinski definition) is 2. The van der Waals surface area contributed by atoms with Crippen molar-refractivity contribution < 1.29 is 9.90 Å². The Morgan fingerprint density at radius 2 is 2.14 bits per heavy atom. The van der Waals surface area contributed by atoms with Gasteiger partial charge >= 0.3 is 5.97 Å². The summed E-state index contributed by atoms with van der Waals surface area (Å²) in [5, 5.41) is 14.4. The molecule has 0 aliphatic heterocycles. The monoisotopic (exact) mass is 315 g/mol. The third-order valence-corrected chi connectivity index (χ3v) is 3.61. The number of aromatic nitrogens is 1. The second-order valence-corrected chi connectivity index (χ2v) is 5.45. The fraction of sp³-hybridized carbons (Fsp3) is 0.188. The molecule has 0 unspecified atom stereocenters. The molecule has 2 N–H and O–H groups in total. The number of thiazole rings is 1. The normalized spacial score (nSPS) is 11.8. The predicted octanol–water partition coefficient (Wildman–Crippen LogP) is 4.10. The number of rotatable bonds is 6. The molecule has 22 heavy (non-hydrogen) atoms. The summed E-state index contributed by atoms with van der Waals surface area (Å²) >= 11 is 1.31. The fourth-order valence-corrected chi connectivity index (χ4v) is 2.43. The number of anilines is 1. The zero-order valence-corrected chi connectivity index (χ0v) is 13.2. The second-order valence-electron chi connectivity index (χ2n) is 4.62. The molecule has 1 heterocycles. The maximum atomic E-state index is 11.2. The Labute approximate surface area is 133 Å². The average Bonchev–Trinajstić information content (AvgIpc) is 2.95. The van der Waals surface area contributed by atoms with E-state index in [2.05, 4.69) is 15.3 Å². The number of hydrogen-bond acceptors (Lipinski definition) is 4. The van der Waals surface area contributed by atoms with Crippen molar-refractivity contribution in [2.45, 2.75) is 20.3 Å². The van der Waals surface area contributed by atoms with E-state index in [0.717, 1.165) is 5.69 Å². The van der Waals surface area contributed by atoms with Gasteiger partial charge in [0.05, 0.1) is 17.6 Å². The van der Waals surface area contributed by atoms with Gasteiger partial charge in [-0.25, -0.2) is 14.8 Å². The van der Waals surface area contributed by atoms with Crippen molar-refractivity contribution in [3.8, 4) is 0 Å². The zero-order valence-electron chi connectivity index (χ0n) is 12.4. The van der Waals surface area contributed by atoms with E-state index in [-0.39, 0.29) is 5.57 Å². The van der Waals surface area contributed by atoms with Crippen LogP contribution >= 0.6 is 11.3 Å². The van der Waals surface area contributed by atoms with E-state index >= 15 is 0 Å². The Bertz CT molecular complexity index is 702. The molecule has 0 saturated carbocycles. The summed E-state index contributed by atoms with van der Waals surface area (Å²) in [7, 11) is 0. The van der Waals surface area contributed by atoms with Crippen LogP contribution < -0.4 is 5.32 Å². The van der Waals surface area contributed by atoms with Crippen LogP contribution in [0, 0.1) is 6.92 Å². The maximum absolute atomic E-state index is 11.2. The zero-order chi connectivity index (χ0) is 15.9. The third-order valence-electron chi connectivity index (χ3n) is 2.86. The van der Waals surface area contributed by atoms with Gasteiger partial charge in [-0.15, -0.1) is 11.3 Å². The van der Waals surface area contributed by atoms with Crippen molar-refractivity contribution in [2.24, 2.45) is 4.99 Å². The van der Waals surface area contributed by atoms with Crippen LogP contribution in [0.5, 0.6) is 0 Å². The molecule has 0 radical (unpaired) electrons. The molecule has 0 saturated heterocycles. The van der Waals surface area contributed by atoms with Gasteiger partial charge in [-0.3, -0.25) is 0 Å². The first-order valence-electron chi connectivity index (χ1n) is 6.85. The minimum atomic E-state index is -0.972. The lowest BCUT2D eigenvalue weighted by molar-refractivity contribution is -0.130. The summed E-state index contributed by atoms with van der Waals surface area (Å²) in [4.78, 5) is 19.6. The minimum Gasteiger partial charge on any atom is -0.478 e. The van der Waals surface area contributed by atoms with Crippen LogP contribution in [0.4, 0.5) is 10.8 Å². The van der Waals surface area contributed by atoms with E-state index in [9.17, 15) is 4.79 Å². The summed E-state index contributed by atoms with van der Waals surface area (Å²) in [6, 6.07) is 7.93. The van der Waals surface area contributed by atoms with E-state index in [4.69, 9.17) is 5.11 Å². The standard InChI is InChI=1S/C16H17N3O2S/c1-3-4-13(15(20)21)14-9-22-16(19-14)18-10-17-12-7-5-11(2)6-8-12/h4-10H,3H2,1-2H3,(H,20,21)(H,17,18,19). The number of aliphatic imine (C=N–C) groups is 1. The number of benzene rings is 1. The molecule has 6 heteroatoms. The molecule has 1 aromatic heterocycles. The SMILES string of the molecule is CCC=C(C(=O)O)c1csc(N=CNc2ccc(C)cc2)n1. The van der Waals surface area contributed by atoms with Crippen molar-refractivity contribution in [3.05, 3.63) is 47.0 Å². The van der Waals surface area contributed by atoms with Crippen molar-refractivity contribution in [1.29, 1.82) is 0 Å². The highest BCUT2D eigenvalue weighted by Gasteiger charge is 2.13. The molecular formula is C16H17N3O2S. The van der Waals surface area contributed by atoms with Gasteiger partial charge in [0.15, 0.2) is 0 Å². The van der Waals surface area contributed by atoms with Crippen LogP contribution in [0.15, 0.2) is 40.7 Å². The van der Waals surface area contributed by atoms with Gasteiger partial charge in [0.1, 0.15) is 0 Å². The van der Waals surface area contributed by atoms with Crippen molar-refractivity contribution >= 4 is 40.0 Å². The fourth-order valence-electron chi connectivity index (χ4n) is 1.76. The van der Waals surface area contributed by atoms with Crippen LogP contribution in [0.3, 0.4) is 0 Å². The summed E-state index contributed by atoms with van der Waals surface area (Å²) in [5.74, 6) is -0.972. The van der Waals surface area contributed by atoms with E-state index < -0.39 is 5.97 Å². The number of aliphatic carboxylic acids is 1. The smallest absolute Gasteiger partial charge is 0.337 e. The molecule has 2 rings (SSSR count). The van der Waals surface area contributed by atoms with E-state index in [1.54, 1.807) is 17.8 Å². The molecule has 0 atom stereocenters. The number of aryl methyl sites for hydroxylation is 1. The van der Waals surface area contributed by atoms with E-state index in [1.165, 1.54) is 16.9 Å². The molecule has 0 amide bonds. The molecule has 2 aromatic rings. The average molecular weight is 315 g/mol. The molecule has 1 aromatic carbocycles. The molecular weight excluding hydrogens is 298 g/mol. The third kappa shape index (κ3) is 4.26. The topological polar surface area (TPSA) is 74.6 Å². The Hall–Kier alpha value is -2.47. The quantitative estimate of drug-likeness (QED) is 0.478. The van der Waals surface area contributed by atoms with Gasteiger partial charge in [-0.2, -0.15) is 0 Å². The molecule has 0 bridgehead atoms. The second kappa shape index (κ2) is 7.51. The Balaban J connectivity index is 2.05. The number of carboxylic acids is 1. The number of nitrogens with zero attached hydrogens (tertiary/aromatic N) is 2. The van der Waals surface area contributed by atoms with Gasteiger partial charge in [0.25, 0.3) is 0 Å². The molecule has 114 valence electrons. The molecule has 0 aliphatic rings. The van der Waals surface area contributed by atoms with Crippen LogP contribution in [-0.2, 0) is 4.79 Å². The summed E-state index contributed by atoms with van der Waals surface area (Å²) in [5.41, 5.74) is 2.78. The molecule has 0 fully saturated rings. The first-order chi connectivity index (χ1) is 10.6. The first kappa shape index (κ1) is 15.9. The maximum Gasteiger partial charge on any atom is 0.337 e. The lowest BCUT2D eigenvalue weighted by Gasteiger charge is -1.99. The summed E-state index contributed by atoms with van der Waals surface area (Å²) < 4.78 is 0. The predicted molar refractivity (Wildman–Crippen MR) is 91.0 cm³/mol. The van der Waals surface area contributed by atoms with Gasteiger partial charge in [0.2, 0.25) is 5.13 Å². The van der Waals surface area contributed by atoms with Crippen LogP contribution in [0.1, 0.15) is 24.6 Å². The highest BCUT2D eigenvalue weighted by atomic mass is 32.1. The van der Waals surface area contributed by atoms with Gasteiger partial charge in [-0.1, -0.05) is 30.7 Å². The van der Waals surface area contributed by atoms with Crippen molar-refractivity contribution in [2.75, 3.05) is 5.32 Å². The Morgan fingerprint density at radius 1 is 1.41 bits per heavy atom. The minimum absolute atomic E-state index is 0.215. The van der Waals surface area contributed by atoms with Crippen LogP contribution in [0.2, 0.25) is 0 Å². The van der Waals surface area contributed by atoms with Gasteiger partial charge < -0.3 is 10.4 Å². The van der Waals surface area contributed by atoms with Crippen molar-refractivity contribution in [3.63, 3.8) is 0 Å². The molecule has 0 aliphatic carbocycles. The van der Waals surface area contributed by atoms with E-state index in [1.807, 2.05) is 38.1 Å². The lowest BCUT2D eigenvalue weighted by Crippen LogP contribution is -1.99. The highest BCUT2D eigenvalue weighted by molar-refractivity contribution is 7.13. The number of allylic oxidation sites excluding steroid dienone is 1. The lowest BCUT2D eigenvalue weighted by atomic mass is 10.2. The largest absolute Gasteiger partial charge is 0.478 e. The Morgan fingerprint density at radius 3 is 2.77 bits per heavy atom. The molecule has 5 nitrogen and oxygen atoms in total. The van der Waals surface area contributed by atoms with Crippen molar-refractivity contribution in [1.82, 2.24) is 4.98 Å². The van der Waals surface area contributed by atoms with Crippen LogP contribution in [0.25, 0.3) is 5.57 Å².